The summed E-state index contributed by atoms with van der Waals surface area (Å²) >= 11 is 0. The summed E-state index contributed by atoms with van der Waals surface area (Å²) in [5.41, 5.74) is 2.60. The van der Waals surface area contributed by atoms with E-state index < -0.39 is 11.7 Å². The maximum atomic E-state index is 13.2. The summed E-state index contributed by atoms with van der Waals surface area (Å²) in [6, 6.07) is 14.4. The van der Waals surface area contributed by atoms with Crippen LogP contribution in [-0.2, 0) is 11.3 Å². The van der Waals surface area contributed by atoms with Crippen LogP contribution in [0.4, 0.5) is 15.3 Å². The van der Waals surface area contributed by atoms with Crippen LogP contribution in [0.3, 0.4) is 0 Å². The lowest BCUT2D eigenvalue weighted by Crippen LogP contribution is -2.36. The van der Waals surface area contributed by atoms with Gasteiger partial charge in [-0.05, 0) is 56.2 Å². The van der Waals surface area contributed by atoms with Gasteiger partial charge < -0.3 is 19.5 Å². The normalized spacial score (nSPS) is 16.0. The smallest absolute Gasteiger partial charge is 0.435 e. The number of aliphatic hydroxyl groups excluding tert-OH is 1. The molecular weight excluding hydrogens is 448 g/mol. The Hall–Kier alpha value is -3.85. The van der Waals surface area contributed by atoms with Crippen LogP contribution in [0, 0.1) is 0 Å². The molecule has 9 nitrogen and oxygen atoms in total. The standard InChI is InChI=1S/C26H30N4O5/c1-26(2,3)35-25(33)29-15-20(13-27-29)19-8-10-21(11-9-19)30-22(17-31)16-28(24(30)32)14-18-6-5-7-23(12-18)34-4/h5-13,15,22,31H,14,16-17H2,1-4H3. The van der Waals surface area contributed by atoms with Crippen molar-refractivity contribution in [1.29, 1.82) is 0 Å². The molecule has 2 aromatic carbocycles. The predicted octanol–water partition coefficient (Wildman–Crippen LogP) is 4.15. The van der Waals surface area contributed by atoms with E-state index in [0.717, 1.165) is 27.1 Å². The number of hydrogen-bond donors (Lipinski definition) is 1. The third kappa shape index (κ3) is 5.46. The van der Waals surface area contributed by atoms with Gasteiger partial charge in [-0.1, -0.05) is 24.3 Å². The molecule has 3 aromatic rings. The van der Waals surface area contributed by atoms with E-state index in [1.54, 1.807) is 50.1 Å². The first-order valence-corrected chi connectivity index (χ1v) is 11.4. The molecule has 9 heteroatoms. The van der Waals surface area contributed by atoms with Crippen LogP contribution in [-0.4, -0.2) is 63.8 Å². The van der Waals surface area contributed by atoms with Gasteiger partial charge in [0.05, 0.1) is 26.0 Å². The molecule has 4 rings (SSSR count). The van der Waals surface area contributed by atoms with Gasteiger partial charge in [0.2, 0.25) is 0 Å². The van der Waals surface area contributed by atoms with Crippen LogP contribution in [0.25, 0.3) is 11.1 Å². The second-order valence-electron chi connectivity index (χ2n) is 9.42. The van der Waals surface area contributed by atoms with Crippen LogP contribution in [0.1, 0.15) is 26.3 Å². The summed E-state index contributed by atoms with van der Waals surface area (Å²) in [4.78, 5) is 28.8. The van der Waals surface area contributed by atoms with Gasteiger partial charge in [0.1, 0.15) is 11.4 Å². The first-order chi connectivity index (χ1) is 16.7. The van der Waals surface area contributed by atoms with Gasteiger partial charge in [-0.2, -0.15) is 9.78 Å². The highest BCUT2D eigenvalue weighted by atomic mass is 16.6. The van der Waals surface area contributed by atoms with E-state index in [9.17, 15) is 14.7 Å². The van der Waals surface area contributed by atoms with Gasteiger partial charge in [-0.3, -0.25) is 4.90 Å². The molecular formula is C26H30N4O5. The van der Waals surface area contributed by atoms with Gasteiger partial charge in [0.15, 0.2) is 0 Å². The minimum absolute atomic E-state index is 0.148. The number of methoxy groups -OCH3 is 1. The van der Waals surface area contributed by atoms with Crippen LogP contribution in [0.5, 0.6) is 5.75 Å². The van der Waals surface area contributed by atoms with Crippen LogP contribution in [0.15, 0.2) is 60.9 Å². The number of aliphatic hydroxyl groups is 1. The fraction of sp³-hybridized carbons (Fsp3) is 0.346. The maximum absolute atomic E-state index is 13.2. The van der Waals surface area contributed by atoms with Crippen molar-refractivity contribution in [3.8, 4) is 16.9 Å². The summed E-state index contributed by atoms with van der Waals surface area (Å²) < 4.78 is 11.8. The Morgan fingerprint density at radius 3 is 2.54 bits per heavy atom. The summed E-state index contributed by atoms with van der Waals surface area (Å²) in [7, 11) is 1.61. The summed E-state index contributed by atoms with van der Waals surface area (Å²) in [5.74, 6) is 0.732. The number of carbonyl (C=O) groups excluding carboxylic acids is 2. The molecule has 35 heavy (non-hydrogen) atoms. The zero-order valence-corrected chi connectivity index (χ0v) is 20.3. The molecule has 184 valence electrons. The molecule has 1 fully saturated rings. The third-order valence-corrected chi connectivity index (χ3v) is 5.63. The molecule has 2 heterocycles. The molecule has 1 saturated heterocycles. The van der Waals surface area contributed by atoms with E-state index in [1.807, 2.05) is 48.5 Å². The largest absolute Gasteiger partial charge is 0.497 e. The van der Waals surface area contributed by atoms with Crippen LogP contribution in [0.2, 0.25) is 0 Å². The van der Waals surface area contributed by atoms with Crippen molar-refractivity contribution in [2.45, 2.75) is 39.0 Å². The zero-order chi connectivity index (χ0) is 25.2. The van der Waals surface area contributed by atoms with Gasteiger partial charge in [0, 0.05) is 30.5 Å². The Kier molecular flexibility index (Phi) is 6.79. The number of anilines is 1. The highest BCUT2D eigenvalue weighted by Gasteiger charge is 2.37. The highest BCUT2D eigenvalue weighted by molar-refractivity contribution is 5.95. The lowest BCUT2D eigenvalue weighted by Gasteiger charge is -2.22. The average molecular weight is 479 g/mol. The van der Waals surface area contributed by atoms with E-state index in [2.05, 4.69) is 5.10 Å². The summed E-state index contributed by atoms with van der Waals surface area (Å²) in [5, 5.41) is 14.1. The fourth-order valence-electron chi connectivity index (χ4n) is 4.00. The molecule has 1 atom stereocenters. The van der Waals surface area contributed by atoms with Gasteiger partial charge in [-0.25, -0.2) is 9.59 Å². The van der Waals surface area contributed by atoms with E-state index in [-0.39, 0.29) is 18.7 Å². The average Bonchev–Trinajstić information content (AvgIpc) is 3.44. The second-order valence-corrected chi connectivity index (χ2v) is 9.42. The van der Waals surface area contributed by atoms with Crippen LogP contribution < -0.4 is 9.64 Å². The van der Waals surface area contributed by atoms with E-state index in [1.165, 1.54) is 0 Å². The van der Waals surface area contributed by atoms with Gasteiger partial charge in [0.25, 0.3) is 0 Å². The number of amides is 2. The summed E-state index contributed by atoms with van der Waals surface area (Å²) in [6.45, 7) is 6.08. The van der Waals surface area contributed by atoms with Crippen molar-refractivity contribution in [1.82, 2.24) is 14.7 Å². The highest BCUT2D eigenvalue weighted by Crippen LogP contribution is 2.29. The SMILES string of the molecule is COc1cccc(CN2CC(CO)N(c3ccc(-c4cnn(C(=O)OC(C)(C)C)c4)cc3)C2=O)c1. The summed E-state index contributed by atoms with van der Waals surface area (Å²) in [6.07, 6.45) is 2.65. The minimum Gasteiger partial charge on any atom is -0.497 e. The maximum Gasteiger partial charge on any atom is 0.435 e. The van der Waals surface area contributed by atoms with Crippen molar-refractivity contribution in [3.63, 3.8) is 0 Å². The lowest BCUT2D eigenvalue weighted by atomic mass is 10.1. The Bertz CT molecular complexity index is 1200. The predicted molar refractivity (Wildman–Crippen MR) is 131 cm³/mol. The number of benzene rings is 2. The number of carbonyl (C=O) groups is 2. The van der Waals surface area contributed by atoms with Crippen molar-refractivity contribution in [2.24, 2.45) is 0 Å². The Morgan fingerprint density at radius 2 is 1.89 bits per heavy atom. The number of hydrogen-bond acceptors (Lipinski definition) is 6. The van der Waals surface area contributed by atoms with Gasteiger partial charge >= 0.3 is 12.1 Å². The first-order valence-electron chi connectivity index (χ1n) is 11.4. The van der Waals surface area contributed by atoms with E-state index >= 15 is 0 Å². The van der Waals surface area contributed by atoms with Crippen molar-refractivity contribution in [3.05, 3.63) is 66.5 Å². The Morgan fingerprint density at radius 1 is 1.14 bits per heavy atom. The number of aromatic nitrogens is 2. The number of rotatable bonds is 6. The molecule has 1 aliphatic heterocycles. The first kappa shape index (κ1) is 24.3. The van der Waals surface area contributed by atoms with Crippen molar-refractivity contribution in [2.75, 3.05) is 25.2 Å². The van der Waals surface area contributed by atoms with Gasteiger partial charge in [-0.15, -0.1) is 0 Å². The second kappa shape index (κ2) is 9.79. The molecule has 0 saturated carbocycles. The topological polar surface area (TPSA) is 97.1 Å². The van der Waals surface area contributed by atoms with Crippen LogP contribution >= 0.6 is 0 Å². The number of nitrogens with zero attached hydrogens (tertiary/aromatic N) is 4. The quantitative estimate of drug-likeness (QED) is 0.572. The molecule has 0 aliphatic carbocycles. The molecule has 1 aliphatic rings. The Balaban J connectivity index is 1.49. The molecule has 0 radical (unpaired) electrons. The molecule has 1 aromatic heterocycles. The molecule has 0 bridgehead atoms. The van der Waals surface area contributed by atoms with E-state index in [0.29, 0.717) is 18.8 Å². The molecule has 2 amide bonds. The van der Waals surface area contributed by atoms with Crippen molar-refractivity contribution >= 4 is 17.8 Å². The lowest BCUT2D eigenvalue weighted by molar-refractivity contribution is 0.0514. The molecule has 1 N–H and O–H groups in total. The molecule has 0 spiro atoms. The fourth-order valence-corrected chi connectivity index (χ4v) is 4.00. The minimum atomic E-state index is -0.614. The zero-order valence-electron chi connectivity index (χ0n) is 20.3. The number of ether oxygens (including phenoxy) is 2. The van der Waals surface area contributed by atoms with Crippen molar-refractivity contribution < 1.29 is 24.2 Å². The third-order valence-electron chi connectivity index (χ3n) is 5.63. The Labute approximate surface area is 204 Å². The monoisotopic (exact) mass is 478 g/mol. The molecule has 1 unspecified atom stereocenters. The van der Waals surface area contributed by atoms with E-state index in [4.69, 9.17) is 9.47 Å². The number of urea groups is 1.